The molecule has 0 heterocycles. The van der Waals surface area contributed by atoms with Crippen LogP contribution in [0.15, 0.2) is 36.6 Å². The minimum absolute atomic E-state index is 0. The summed E-state index contributed by atoms with van der Waals surface area (Å²) in [6.45, 7) is 12.0. The van der Waals surface area contributed by atoms with Crippen molar-refractivity contribution in [2.75, 3.05) is 13.2 Å². The van der Waals surface area contributed by atoms with Crippen LogP contribution in [0.4, 0.5) is 0 Å². The van der Waals surface area contributed by atoms with Crippen LogP contribution in [-0.2, 0) is 4.79 Å². The van der Waals surface area contributed by atoms with Crippen molar-refractivity contribution in [1.29, 1.82) is 0 Å². The SMILES string of the molecule is C=C(Oc1ccc(OCC(O)C[NH2+]C(C)(C)C)cc1)C(C)=O.[Br-]. The van der Waals surface area contributed by atoms with Gasteiger partial charge in [0.2, 0.25) is 0 Å². The van der Waals surface area contributed by atoms with Gasteiger partial charge in [0.25, 0.3) is 0 Å². The Labute approximate surface area is 148 Å². The summed E-state index contributed by atoms with van der Waals surface area (Å²) in [6.07, 6.45) is -0.535. The molecule has 0 radical (unpaired) electrons. The minimum Gasteiger partial charge on any atom is -1.00 e. The van der Waals surface area contributed by atoms with E-state index in [1.807, 2.05) is 0 Å². The summed E-state index contributed by atoms with van der Waals surface area (Å²) in [6, 6.07) is 6.83. The molecule has 0 spiro atoms. The summed E-state index contributed by atoms with van der Waals surface area (Å²) >= 11 is 0. The number of benzene rings is 1. The predicted octanol–water partition coefficient (Wildman–Crippen LogP) is -1.73. The summed E-state index contributed by atoms with van der Waals surface area (Å²) in [5, 5.41) is 12.0. The van der Waals surface area contributed by atoms with Crippen molar-refractivity contribution in [3.63, 3.8) is 0 Å². The van der Waals surface area contributed by atoms with E-state index in [1.54, 1.807) is 24.3 Å². The van der Waals surface area contributed by atoms with E-state index in [0.29, 0.717) is 18.0 Å². The highest BCUT2D eigenvalue weighted by Crippen LogP contribution is 2.19. The van der Waals surface area contributed by atoms with Crippen molar-refractivity contribution in [2.45, 2.75) is 39.3 Å². The van der Waals surface area contributed by atoms with Crippen LogP contribution in [0, 0.1) is 0 Å². The fraction of sp³-hybridized carbons (Fsp3) is 0.471. The molecule has 130 valence electrons. The molecule has 5 nitrogen and oxygen atoms in total. The molecule has 1 atom stereocenters. The average molecular weight is 388 g/mol. The summed E-state index contributed by atoms with van der Waals surface area (Å²) in [5.74, 6) is 1.05. The van der Waals surface area contributed by atoms with Crippen LogP contribution in [0.1, 0.15) is 27.7 Å². The van der Waals surface area contributed by atoms with E-state index in [1.165, 1.54) is 6.92 Å². The number of aliphatic hydroxyl groups excluding tert-OH is 1. The first kappa shape index (κ1) is 21.6. The predicted molar refractivity (Wildman–Crippen MR) is 84.9 cm³/mol. The Hall–Kier alpha value is -1.37. The largest absolute Gasteiger partial charge is 1.00 e. The first-order valence-electron chi connectivity index (χ1n) is 7.30. The van der Waals surface area contributed by atoms with E-state index in [4.69, 9.17) is 9.47 Å². The van der Waals surface area contributed by atoms with Crippen LogP contribution in [0.5, 0.6) is 11.5 Å². The Morgan fingerprint density at radius 3 is 2.26 bits per heavy atom. The topological polar surface area (TPSA) is 72.4 Å². The lowest BCUT2D eigenvalue weighted by Crippen LogP contribution is -3.00. The zero-order valence-corrected chi connectivity index (χ0v) is 15.7. The molecule has 6 heteroatoms. The monoisotopic (exact) mass is 387 g/mol. The van der Waals surface area contributed by atoms with Gasteiger partial charge in [-0.3, -0.25) is 4.79 Å². The molecule has 1 aromatic rings. The van der Waals surface area contributed by atoms with E-state index in [-0.39, 0.29) is 40.7 Å². The molecule has 0 bridgehead atoms. The number of Topliss-reactive ketones (excluding diaryl/α,β-unsaturated/α-hetero) is 1. The van der Waals surface area contributed by atoms with Gasteiger partial charge in [-0.25, -0.2) is 0 Å². The number of hydrogen-bond acceptors (Lipinski definition) is 4. The number of quaternary nitrogens is 1. The molecule has 1 rings (SSSR count). The number of halogens is 1. The molecule has 0 saturated heterocycles. The van der Waals surface area contributed by atoms with Gasteiger partial charge in [0.05, 0.1) is 5.54 Å². The third-order valence-electron chi connectivity index (χ3n) is 2.90. The van der Waals surface area contributed by atoms with E-state index in [9.17, 15) is 9.90 Å². The lowest BCUT2D eigenvalue weighted by Gasteiger charge is -2.19. The molecular formula is C17H26BrNO4. The van der Waals surface area contributed by atoms with Crippen LogP contribution in [0.3, 0.4) is 0 Å². The van der Waals surface area contributed by atoms with Gasteiger partial charge >= 0.3 is 0 Å². The third kappa shape index (κ3) is 9.38. The fourth-order valence-electron chi connectivity index (χ4n) is 1.57. The molecule has 3 N–H and O–H groups in total. The number of carbonyl (C=O) groups excluding carboxylic acids is 1. The molecule has 0 aliphatic carbocycles. The second-order valence-corrected chi connectivity index (χ2v) is 6.32. The number of allylic oxidation sites excluding steroid dienone is 1. The maximum absolute atomic E-state index is 11.0. The molecule has 0 aliphatic rings. The maximum Gasteiger partial charge on any atom is 0.194 e. The van der Waals surface area contributed by atoms with Crippen LogP contribution < -0.4 is 31.8 Å². The lowest BCUT2D eigenvalue weighted by molar-refractivity contribution is -0.722. The number of nitrogens with two attached hydrogens (primary N) is 1. The second-order valence-electron chi connectivity index (χ2n) is 6.32. The van der Waals surface area contributed by atoms with Crippen LogP contribution in [0.2, 0.25) is 0 Å². The highest BCUT2D eigenvalue weighted by atomic mass is 79.9. The zero-order chi connectivity index (χ0) is 16.8. The number of carbonyl (C=O) groups is 1. The van der Waals surface area contributed by atoms with E-state index in [0.717, 1.165) is 0 Å². The van der Waals surface area contributed by atoms with Crippen molar-refractivity contribution in [3.8, 4) is 11.5 Å². The Bertz CT molecular complexity index is 508. The number of rotatable bonds is 8. The summed E-state index contributed by atoms with van der Waals surface area (Å²) < 4.78 is 10.8. The molecule has 0 aromatic heterocycles. The lowest BCUT2D eigenvalue weighted by atomic mass is 10.1. The standard InChI is InChI=1S/C17H25NO4.BrH/c1-12(19)13(2)22-16-8-6-15(7-9-16)21-11-14(20)10-18-17(3,4)5;/h6-9,14,18,20H,2,10-11H2,1,3-5H3;1H. The Balaban J connectivity index is 0.00000484. The minimum atomic E-state index is -0.535. The first-order valence-corrected chi connectivity index (χ1v) is 7.30. The second kappa shape index (κ2) is 9.70. The molecule has 0 aliphatic heterocycles. The molecule has 1 unspecified atom stereocenters. The Morgan fingerprint density at radius 2 is 1.78 bits per heavy atom. The van der Waals surface area contributed by atoms with E-state index < -0.39 is 6.10 Å². The van der Waals surface area contributed by atoms with E-state index in [2.05, 4.69) is 32.7 Å². The van der Waals surface area contributed by atoms with Gasteiger partial charge in [-0.05, 0) is 45.0 Å². The Morgan fingerprint density at radius 1 is 1.26 bits per heavy atom. The number of hydrogen-bond donors (Lipinski definition) is 2. The zero-order valence-electron chi connectivity index (χ0n) is 14.1. The van der Waals surface area contributed by atoms with Crippen LogP contribution in [0.25, 0.3) is 0 Å². The van der Waals surface area contributed by atoms with Crippen molar-refractivity contribution in [2.24, 2.45) is 0 Å². The van der Waals surface area contributed by atoms with Crippen molar-refractivity contribution in [3.05, 3.63) is 36.6 Å². The maximum atomic E-state index is 11.0. The van der Waals surface area contributed by atoms with Gasteiger partial charge in [-0.15, -0.1) is 0 Å². The normalized spacial score (nSPS) is 12.0. The van der Waals surface area contributed by atoms with Crippen molar-refractivity contribution >= 4 is 5.78 Å². The quantitative estimate of drug-likeness (QED) is 0.410. The Kier molecular flexibility index (Phi) is 9.12. The van der Waals surface area contributed by atoms with Crippen LogP contribution >= 0.6 is 0 Å². The number of ether oxygens (including phenoxy) is 2. The highest BCUT2D eigenvalue weighted by molar-refractivity contribution is 5.90. The number of ketones is 1. The molecule has 23 heavy (non-hydrogen) atoms. The van der Waals surface area contributed by atoms with Gasteiger partial charge in [0, 0.05) is 6.92 Å². The fourth-order valence-corrected chi connectivity index (χ4v) is 1.57. The first-order chi connectivity index (χ1) is 10.2. The number of aliphatic hydroxyl groups is 1. The molecule has 1 aromatic carbocycles. The van der Waals surface area contributed by atoms with Gasteiger partial charge in [-0.2, -0.15) is 0 Å². The summed E-state index contributed by atoms with van der Waals surface area (Å²) in [5.41, 5.74) is 0.0824. The summed E-state index contributed by atoms with van der Waals surface area (Å²) in [4.78, 5) is 11.0. The summed E-state index contributed by atoms with van der Waals surface area (Å²) in [7, 11) is 0. The molecule has 0 saturated carbocycles. The van der Waals surface area contributed by atoms with Gasteiger partial charge in [-0.1, -0.05) is 6.58 Å². The van der Waals surface area contributed by atoms with Gasteiger partial charge < -0.3 is 36.9 Å². The van der Waals surface area contributed by atoms with Crippen LogP contribution in [-0.4, -0.2) is 35.7 Å². The smallest absolute Gasteiger partial charge is 0.194 e. The van der Waals surface area contributed by atoms with Crippen molar-refractivity contribution in [1.82, 2.24) is 0 Å². The van der Waals surface area contributed by atoms with E-state index >= 15 is 0 Å². The molecule has 0 fully saturated rings. The molecular weight excluding hydrogens is 362 g/mol. The highest BCUT2D eigenvalue weighted by Gasteiger charge is 2.16. The van der Waals surface area contributed by atoms with Gasteiger partial charge in [0.1, 0.15) is 30.8 Å². The average Bonchev–Trinajstić information content (AvgIpc) is 2.43. The van der Waals surface area contributed by atoms with Gasteiger partial charge in [0.15, 0.2) is 11.5 Å². The molecule has 0 amide bonds. The van der Waals surface area contributed by atoms with Crippen molar-refractivity contribution < 1.29 is 41.7 Å². The third-order valence-corrected chi connectivity index (χ3v) is 2.90.